The first-order valence-corrected chi connectivity index (χ1v) is 5.94. The maximum Gasteiger partial charge on any atom is 0.358 e. The third-order valence-electron chi connectivity index (χ3n) is 3.02. The van der Waals surface area contributed by atoms with E-state index in [1.165, 1.54) is 24.3 Å². The largest absolute Gasteiger partial charge is 0.502 e. The Balaban J connectivity index is 2.36. The Hall–Kier alpha value is -3.47. The second kappa shape index (κ2) is 4.82. The summed E-state index contributed by atoms with van der Waals surface area (Å²) in [5.74, 6) is -2.68. The van der Waals surface area contributed by atoms with Crippen molar-refractivity contribution < 1.29 is 23.9 Å². The van der Waals surface area contributed by atoms with Crippen molar-refractivity contribution in [2.24, 2.45) is 0 Å². The zero-order valence-corrected chi connectivity index (χ0v) is 10.7. The minimum absolute atomic E-state index is 0.0663. The lowest BCUT2D eigenvalue weighted by molar-refractivity contribution is 0.0687. The van der Waals surface area contributed by atoms with Gasteiger partial charge < -0.3 is 14.7 Å². The summed E-state index contributed by atoms with van der Waals surface area (Å²) in [6.45, 7) is 0. The fourth-order valence-corrected chi connectivity index (χ4v) is 2.03. The molecule has 2 aromatic heterocycles. The molecule has 7 nitrogen and oxygen atoms in total. The number of carbonyl (C=O) groups is 1. The van der Waals surface area contributed by atoms with E-state index in [1.54, 1.807) is 6.07 Å². The SMILES string of the molecule is N#Cc1nc(C(=O)O)c(O)c2onc(-c3ccc(F)cc3)c12. The predicted molar refractivity (Wildman–Crippen MR) is 70.5 cm³/mol. The predicted octanol–water partition coefficient (Wildman–Crippen LogP) is 2.30. The number of benzene rings is 1. The van der Waals surface area contributed by atoms with Crippen LogP contribution in [-0.4, -0.2) is 26.3 Å². The highest BCUT2D eigenvalue weighted by molar-refractivity contribution is 6.02. The molecule has 3 aromatic rings. The highest BCUT2D eigenvalue weighted by atomic mass is 19.1. The zero-order chi connectivity index (χ0) is 15.9. The van der Waals surface area contributed by atoms with Crippen LogP contribution < -0.4 is 0 Å². The average molecular weight is 299 g/mol. The van der Waals surface area contributed by atoms with E-state index in [1.807, 2.05) is 0 Å². The number of nitrogens with zero attached hydrogens (tertiary/aromatic N) is 3. The quantitative estimate of drug-likeness (QED) is 0.744. The number of pyridine rings is 1. The van der Waals surface area contributed by atoms with Crippen molar-refractivity contribution in [3.05, 3.63) is 41.5 Å². The molecule has 0 aliphatic rings. The lowest BCUT2D eigenvalue weighted by atomic mass is 10.1. The maximum absolute atomic E-state index is 13.0. The number of fused-ring (bicyclic) bond motifs is 1. The summed E-state index contributed by atoms with van der Waals surface area (Å²) in [4.78, 5) is 14.6. The van der Waals surface area contributed by atoms with E-state index in [9.17, 15) is 14.3 Å². The number of rotatable bonds is 2. The first-order valence-electron chi connectivity index (χ1n) is 5.94. The van der Waals surface area contributed by atoms with Gasteiger partial charge >= 0.3 is 5.97 Å². The van der Waals surface area contributed by atoms with Gasteiger partial charge in [0.05, 0.1) is 5.39 Å². The fourth-order valence-electron chi connectivity index (χ4n) is 2.03. The average Bonchev–Trinajstić information content (AvgIpc) is 2.94. The maximum atomic E-state index is 13.0. The Morgan fingerprint density at radius 1 is 1.32 bits per heavy atom. The van der Waals surface area contributed by atoms with Gasteiger partial charge in [-0.25, -0.2) is 14.2 Å². The fraction of sp³-hybridized carbons (Fsp3) is 0. The first kappa shape index (κ1) is 13.5. The third-order valence-corrected chi connectivity index (χ3v) is 3.02. The standard InChI is InChI=1S/C14H6FN3O4/c15-7-3-1-6(2-4-7)10-9-8(5-16)17-11(14(20)21)12(19)13(9)22-18-10/h1-4,19H,(H,20,21). The van der Waals surface area contributed by atoms with E-state index in [2.05, 4.69) is 10.1 Å². The van der Waals surface area contributed by atoms with Crippen molar-refractivity contribution in [2.75, 3.05) is 0 Å². The molecular formula is C14H6FN3O4. The highest BCUT2D eigenvalue weighted by Gasteiger charge is 2.25. The lowest BCUT2D eigenvalue weighted by Gasteiger charge is -2.01. The number of aromatic nitrogens is 2. The smallest absolute Gasteiger partial charge is 0.358 e. The van der Waals surface area contributed by atoms with Gasteiger partial charge in [-0.2, -0.15) is 5.26 Å². The number of carboxylic acids is 1. The second-order valence-corrected chi connectivity index (χ2v) is 4.32. The monoisotopic (exact) mass is 299 g/mol. The van der Waals surface area contributed by atoms with Gasteiger partial charge in [-0.3, -0.25) is 0 Å². The van der Waals surface area contributed by atoms with Crippen molar-refractivity contribution in [2.45, 2.75) is 0 Å². The van der Waals surface area contributed by atoms with Gasteiger partial charge in [-0.05, 0) is 24.3 Å². The Kier molecular flexibility index (Phi) is 2.96. The number of aromatic hydroxyl groups is 1. The van der Waals surface area contributed by atoms with Crippen molar-refractivity contribution in [1.82, 2.24) is 10.1 Å². The van der Waals surface area contributed by atoms with Crippen LogP contribution >= 0.6 is 0 Å². The summed E-state index contributed by atoms with van der Waals surface area (Å²) in [7, 11) is 0. The summed E-state index contributed by atoms with van der Waals surface area (Å²) in [5.41, 5.74) is -0.632. The third kappa shape index (κ3) is 1.92. The molecule has 0 amide bonds. The highest BCUT2D eigenvalue weighted by Crippen LogP contribution is 2.36. The Morgan fingerprint density at radius 2 is 2.00 bits per heavy atom. The summed E-state index contributed by atoms with van der Waals surface area (Å²) in [5, 5.41) is 31.8. The minimum Gasteiger partial charge on any atom is -0.502 e. The lowest BCUT2D eigenvalue weighted by Crippen LogP contribution is -2.03. The molecule has 0 radical (unpaired) electrons. The van der Waals surface area contributed by atoms with Crippen molar-refractivity contribution in [3.63, 3.8) is 0 Å². The van der Waals surface area contributed by atoms with Crippen LogP contribution in [0.15, 0.2) is 28.8 Å². The van der Waals surface area contributed by atoms with Crippen LogP contribution in [-0.2, 0) is 0 Å². The van der Waals surface area contributed by atoms with Crippen molar-refractivity contribution in [3.8, 4) is 23.1 Å². The molecule has 2 heterocycles. The van der Waals surface area contributed by atoms with Crippen LogP contribution in [0.1, 0.15) is 16.2 Å². The van der Waals surface area contributed by atoms with E-state index in [0.29, 0.717) is 5.56 Å². The number of halogens is 1. The number of hydrogen-bond donors (Lipinski definition) is 2. The first-order chi connectivity index (χ1) is 10.5. The molecule has 0 spiro atoms. The minimum atomic E-state index is -1.50. The molecule has 0 saturated carbocycles. The molecule has 8 heteroatoms. The van der Waals surface area contributed by atoms with Crippen LogP contribution in [0.5, 0.6) is 5.75 Å². The molecular weight excluding hydrogens is 293 g/mol. The summed E-state index contributed by atoms with van der Waals surface area (Å²) in [6, 6.07) is 6.96. The molecule has 0 saturated heterocycles. The number of carboxylic acid groups (broad SMARTS) is 1. The molecule has 0 aliphatic heterocycles. The molecule has 0 aliphatic carbocycles. The van der Waals surface area contributed by atoms with Crippen LogP contribution in [0.3, 0.4) is 0 Å². The zero-order valence-electron chi connectivity index (χ0n) is 10.7. The van der Waals surface area contributed by atoms with Gasteiger partial charge in [0.15, 0.2) is 17.1 Å². The normalized spacial score (nSPS) is 10.5. The van der Waals surface area contributed by atoms with E-state index in [-0.39, 0.29) is 22.4 Å². The van der Waals surface area contributed by atoms with Crippen molar-refractivity contribution in [1.29, 1.82) is 5.26 Å². The summed E-state index contributed by atoms with van der Waals surface area (Å²) >= 11 is 0. The van der Waals surface area contributed by atoms with Crippen LogP contribution in [0.2, 0.25) is 0 Å². The molecule has 0 atom stereocenters. The molecule has 0 bridgehead atoms. The number of hydrogen-bond acceptors (Lipinski definition) is 6. The summed E-state index contributed by atoms with van der Waals surface area (Å²) in [6.07, 6.45) is 0. The molecule has 1 aromatic carbocycles. The number of nitriles is 1. The van der Waals surface area contributed by atoms with Crippen LogP contribution in [0.4, 0.5) is 4.39 Å². The Bertz CT molecular complexity index is 941. The summed E-state index contributed by atoms with van der Waals surface area (Å²) < 4.78 is 17.9. The van der Waals surface area contributed by atoms with Gasteiger partial charge in [0.1, 0.15) is 17.6 Å². The van der Waals surface area contributed by atoms with Gasteiger partial charge in [0.25, 0.3) is 0 Å². The molecule has 108 valence electrons. The molecule has 0 fully saturated rings. The van der Waals surface area contributed by atoms with Gasteiger partial charge in [0.2, 0.25) is 5.58 Å². The van der Waals surface area contributed by atoms with E-state index in [0.717, 1.165) is 0 Å². The molecule has 22 heavy (non-hydrogen) atoms. The second-order valence-electron chi connectivity index (χ2n) is 4.32. The Morgan fingerprint density at radius 3 is 2.59 bits per heavy atom. The van der Waals surface area contributed by atoms with E-state index < -0.39 is 23.2 Å². The molecule has 0 unspecified atom stereocenters. The van der Waals surface area contributed by atoms with Gasteiger partial charge in [-0.15, -0.1) is 0 Å². The topological polar surface area (TPSA) is 120 Å². The van der Waals surface area contributed by atoms with Gasteiger partial charge in [-0.1, -0.05) is 5.16 Å². The van der Waals surface area contributed by atoms with Crippen LogP contribution in [0, 0.1) is 17.1 Å². The Labute approximate surface area is 121 Å². The molecule has 3 rings (SSSR count). The van der Waals surface area contributed by atoms with Crippen molar-refractivity contribution >= 4 is 16.9 Å². The van der Waals surface area contributed by atoms with E-state index >= 15 is 0 Å². The van der Waals surface area contributed by atoms with Crippen LogP contribution in [0.25, 0.3) is 22.2 Å². The van der Waals surface area contributed by atoms with E-state index in [4.69, 9.17) is 14.9 Å². The van der Waals surface area contributed by atoms with Gasteiger partial charge in [0, 0.05) is 5.56 Å². The molecule has 2 N–H and O–H groups in total. The number of aromatic carboxylic acids is 1.